The maximum absolute atomic E-state index is 10.5. The van der Waals surface area contributed by atoms with Crippen LogP contribution < -0.4 is 0 Å². The fourth-order valence-corrected chi connectivity index (χ4v) is 5.53. The van der Waals surface area contributed by atoms with E-state index in [1.165, 1.54) is 11.1 Å². The van der Waals surface area contributed by atoms with Crippen LogP contribution in [0.1, 0.15) is 59.8 Å². The summed E-state index contributed by atoms with van der Waals surface area (Å²) in [5.41, 5.74) is 2.79. The topological polar surface area (TPSA) is 38.7 Å². The Morgan fingerprint density at radius 2 is 2.04 bits per heavy atom. The average Bonchev–Trinajstić information content (AvgIpc) is 2.49. The molecule has 3 heteroatoms. The van der Waals surface area contributed by atoms with Crippen molar-refractivity contribution in [1.29, 1.82) is 0 Å². The molecule has 2 aliphatic carbocycles. The molecule has 0 saturated heterocycles. The van der Waals surface area contributed by atoms with E-state index in [4.69, 9.17) is 9.78 Å². The van der Waals surface area contributed by atoms with Crippen molar-refractivity contribution >= 4 is 0 Å². The molecule has 0 amide bonds. The Morgan fingerprint density at radius 3 is 2.74 bits per heavy atom. The van der Waals surface area contributed by atoms with Crippen LogP contribution in [-0.4, -0.2) is 23.9 Å². The lowest BCUT2D eigenvalue weighted by molar-refractivity contribution is -0.319. The lowest BCUT2D eigenvalue weighted by Gasteiger charge is -2.59. The summed E-state index contributed by atoms with van der Waals surface area (Å²) in [5, 5.41) is 10.5. The summed E-state index contributed by atoms with van der Waals surface area (Å²) in [5.74, 6) is 0.964. The molecule has 2 saturated carbocycles. The van der Waals surface area contributed by atoms with E-state index in [0.29, 0.717) is 18.4 Å². The zero-order valence-corrected chi connectivity index (χ0v) is 15.1. The van der Waals surface area contributed by atoms with E-state index in [-0.39, 0.29) is 23.0 Å². The Morgan fingerprint density at radius 1 is 1.30 bits per heavy atom. The predicted octanol–water partition coefficient (Wildman–Crippen LogP) is 4.42. The van der Waals surface area contributed by atoms with Crippen LogP contribution in [0.4, 0.5) is 0 Å². The molecule has 1 heterocycles. The third-order valence-electron chi connectivity index (χ3n) is 7.17. The molecule has 0 aromatic carbocycles. The summed E-state index contributed by atoms with van der Waals surface area (Å²) >= 11 is 0. The molecule has 130 valence electrons. The molecule has 0 bridgehead atoms. The standard InChI is InChI=1S/C20H32O3/c1-13-6-7-17-19(3,4)18(21)8-10-20(17,5)15(13)12-16-14(2)9-11-22-23-16/h9,15-18,21H,1,6-8,10-12H2,2-5H3/t15-,16-,17-,18+,20+/m0/s1. The van der Waals surface area contributed by atoms with Gasteiger partial charge in [-0.25, -0.2) is 9.78 Å². The molecule has 0 radical (unpaired) electrons. The first-order valence-corrected chi connectivity index (χ1v) is 9.07. The fraction of sp³-hybridized carbons (Fsp3) is 0.800. The Balaban J connectivity index is 1.87. The number of hydrogen-bond acceptors (Lipinski definition) is 3. The van der Waals surface area contributed by atoms with E-state index in [9.17, 15) is 5.11 Å². The van der Waals surface area contributed by atoms with Crippen molar-refractivity contribution in [3.63, 3.8) is 0 Å². The first-order valence-electron chi connectivity index (χ1n) is 9.07. The van der Waals surface area contributed by atoms with Gasteiger partial charge in [0.1, 0.15) is 12.7 Å². The van der Waals surface area contributed by atoms with Crippen molar-refractivity contribution in [2.75, 3.05) is 6.61 Å². The van der Waals surface area contributed by atoms with Gasteiger partial charge in [0.25, 0.3) is 0 Å². The molecular weight excluding hydrogens is 288 g/mol. The van der Waals surface area contributed by atoms with Crippen molar-refractivity contribution in [3.8, 4) is 0 Å². The van der Waals surface area contributed by atoms with Crippen molar-refractivity contribution in [2.45, 2.75) is 72.0 Å². The number of rotatable bonds is 2. The third-order valence-corrected chi connectivity index (χ3v) is 7.17. The van der Waals surface area contributed by atoms with Gasteiger partial charge in [-0.3, -0.25) is 0 Å². The monoisotopic (exact) mass is 320 g/mol. The summed E-state index contributed by atoms with van der Waals surface area (Å²) in [4.78, 5) is 10.8. The molecule has 23 heavy (non-hydrogen) atoms. The summed E-state index contributed by atoms with van der Waals surface area (Å²) in [7, 11) is 0. The van der Waals surface area contributed by atoms with Gasteiger partial charge in [-0.2, -0.15) is 0 Å². The Labute approximate surface area is 140 Å². The van der Waals surface area contributed by atoms with Crippen LogP contribution in [0, 0.1) is 22.7 Å². The lowest BCUT2D eigenvalue weighted by atomic mass is 9.46. The molecule has 3 nitrogen and oxygen atoms in total. The van der Waals surface area contributed by atoms with Crippen molar-refractivity contribution in [1.82, 2.24) is 0 Å². The third kappa shape index (κ3) is 2.81. The van der Waals surface area contributed by atoms with E-state index in [1.807, 2.05) is 0 Å². The smallest absolute Gasteiger partial charge is 0.114 e. The van der Waals surface area contributed by atoms with Crippen molar-refractivity contribution in [3.05, 3.63) is 23.8 Å². The number of hydrogen-bond donors (Lipinski definition) is 1. The van der Waals surface area contributed by atoms with Crippen LogP contribution in [0.25, 0.3) is 0 Å². The van der Waals surface area contributed by atoms with Crippen LogP contribution >= 0.6 is 0 Å². The van der Waals surface area contributed by atoms with Gasteiger partial charge in [-0.1, -0.05) is 39.0 Å². The molecule has 3 aliphatic rings. The van der Waals surface area contributed by atoms with Gasteiger partial charge in [-0.05, 0) is 67.3 Å². The highest BCUT2D eigenvalue weighted by Crippen LogP contribution is 2.61. The minimum atomic E-state index is -0.191. The van der Waals surface area contributed by atoms with Gasteiger partial charge in [-0.15, -0.1) is 0 Å². The van der Waals surface area contributed by atoms with E-state index in [1.54, 1.807) is 0 Å². The predicted molar refractivity (Wildman–Crippen MR) is 91.7 cm³/mol. The zero-order chi connectivity index (χ0) is 16.8. The molecule has 1 aliphatic heterocycles. The van der Waals surface area contributed by atoms with Crippen molar-refractivity contribution < 1.29 is 14.9 Å². The van der Waals surface area contributed by atoms with E-state index in [2.05, 4.69) is 40.3 Å². The highest BCUT2D eigenvalue weighted by Gasteiger charge is 2.56. The zero-order valence-electron chi connectivity index (χ0n) is 15.1. The second-order valence-corrected chi connectivity index (χ2v) is 8.74. The average molecular weight is 320 g/mol. The summed E-state index contributed by atoms with van der Waals surface area (Å²) in [6.45, 7) is 14.0. The molecule has 5 atom stereocenters. The van der Waals surface area contributed by atoms with Crippen LogP contribution in [0.5, 0.6) is 0 Å². The largest absolute Gasteiger partial charge is 0.393 e. The Bertz CT molecular complexity index is 507. The molecule has 0 spiro atoms. The number of aliphatic hydroxyl groups excluding tert-OH is 1. The first-order chi connectivity index (χ1) is 10.8. The molecule has 0 aromatic heterocycles. The van der Waals surface area contributed by atoms with Gasteiger partial charge in [0, 0.05) is 0 Å². The van der Waals surface area contributed by atoms with Crippen LogP contribution in [0.2, 0.25) is 0 Å². The highest BCUT2D eigenvalue weighted by molar-refractivity contribution is 5.19. The normalized spacial score (nSPS) is 43.7. The molecular formula is C20H32O3. The lowest BCUT2D eigenvalue weighted by Crippen LogP contribution is -2.55. The number of aliphatic hydroxyl groups is 1. The Hall–Kier alpha value is -0.640. The van der Waals surface area contributed by atoms with Gasteiger partial charge < -0.3 is 5.11 Å². The number of fused-ring (bicyclic) bond motifs is 1. The second-order valence-electron chi connectivity index (χ2n) is 8.74. The Kier molecular flexibility index (Phi) is 4.50. The van der Waals surface area contributed by atoms with Gasteiger partial charge in [0.2, 0.25) is 0 Å². The summed E-state index contributed by atoms with van der Waals surface area (Å²) < 4.78 is 0. The van der Waals surface area contributed by atoms with E-state index >= 15 is 0 Å². The molecule has 0 unspecified atom stereocenters. The summed E-state index contributed by atoms with van der Waals surface area (Å²) in [6.07, 6.45) is 7.08. The van der Waals surface area contributed by atoms with Gasteiger partial charge >= 0.3 is 0 Å². The maximum Gasteiger partial charge on any atom is 0.114 e. The summed E-state index contributed by atoms with van der Waals surface area (Å²) in [6, 6.07) is 0. The van der Waals surface area contributed by atoms with E-state index in [0.717, 1.165) is 32.1 Å². The quantitative estimate of drug-likeness (QED) is 0.604. The van der Waals surface area contributed by atoms with Gasteiger partial charge in [0.15, 0.2) is 0 Å². The van der Waals surface area contributed by atoms with Crippen molar-refractivity contribution in [2.24, 2.45) is 22.7 Å². The van der Waals surface area contributed by atoms with Crippen LogP contribution in [-0.2, 0) is 9.78 Å². The maximum atomic E-state index is 10.5. The molecule has 2 fully saturated rings. The SMILES string of the molecule is C=C1CC[C@H]2C(C)(C)[C@H](O)CC[C@]2(C)[C@H]1C[C@@H]1OOCC=C1C. The molecule has 3 rings (SSSR count). The molecule has 0 aromatic rings. The minimum Gasteiger partial charge on any atom is -0.393 e. The fourth-order valence-electron chi connectivity index (χ4n) is 5.53. The minimum absolute atomic E-state index is 0.0270. The molecule has 1 N–H and O–H groups in total. The highest BCUT2D eigenvalue weighted by atomic mass is 17.2. The second kappa shape index (κ2) is 6.02. The van der Waals surface area contributed by atoms with Gasteiger partial charge in [0.05, 0.1) is 6.10 Å². The number of allylic oxidation sites excluding steroid dienone is 1. The van der Waals surface area contributed by atoms with Crippen LogP contribution in [0.3, 0.4) is 0 Å². The van der Waals surface area contributed by atoms with Crippen LogP contribution in [0.15, 0.2) is 23.8 Å². The first kappa shape index (κ1) is 17.2. The van der Waals surface area contributed by atoms with E-state index < -0.39 is 0 Å².